The van der Waals surface area contributed by atoms with Gasteiger partial charge >= 0.3 is 5.97 Å². The van der Waals surface area contributed by atoms with E-state index in [0.29, 0.717) is 13.0 Å². The fourth-order valence-corrected chi connectivity index (χ4v) is 2.90. The van der Waals surface area contributed by atoms with Gasteiger partial charge in [0.2, 0.25) is 0 Å². The van der Waals surface area contributed by atoms with E-state index in [4.69, 9.17) is 9.47 Å². The third-order valence-corrected chi connectivity index (χ3v) is 4.17. The fourth-order valence-electron chi connectivity index (χ4n) is 2.90. The maximum absolute atomic E-state index is 11.4. The van der Waals surface area contributed by atoms with Crippen molar-refractivity contribution >= 4 is 16.9 Å². The van der Waals surface area contributed by atoms with E-state index in [2.05, 4.69) is 11.1 Å². The molecule has 3 aromatic rings. The molecule has 0 aliphatic heterocycles. The number of aromatic nitrogens is 1. The summed E-state index contributed by atoms with van der Waals surface area (Å²) in [6.07, 6.45) is 1.25. The van der Waals surface area contributed by atoms with E-state index in [1.165, 1.54) is 0 Å². The van der Waals surface area contributed by atoms with Crippen LogP contribution in [0.2, 0.25) is 0 Å². The van der Waals surface area contributed by atoms with Crippen LogP contribution in [0.4, 0.5) is 0 Å². The lowest BCUT2D eigenvalue weighted by molar-refractivity contribution is -0.159. The molecule has 0 aliphatic rings. The third-order valence-electron chi connectivity index (χ3n) is 4.17. The predicted molar refractivity (Wildman–Crippen MR) is 108 cm³/mol. The molecule has 2 aromatic carbocycles. The topological polar surface area (TPSA) is 68.7 Å². The monoisotopic (exact) mass is 379 g/mol. The lowest BCUT2D eigenvalue weighted by Gasteiger charge is -2.25. The molecule has 1 N–H and O–H groups in total. The summed E-state index contributed by atoms with van der Waals surface area (Å²) in [7, 11) is 0. The van der Waals surface area contributed by atoms with E-state index < -0.39 is 17.7 Å². The second-order valence-electron chi connectivity index (χ2n) is 7.73. The van der Waals surface area contributed by atoms with Gasteiger partial charge in [0.15, 0.2) is 6.10 Å². The van der Waals surface area contributed by atoms with Crippen molar-refractivity contribution in [2.24, 2.45) is 0 Å². The molecule has 0 saturated heterocycles. The highest BCUT2D eigenvalue weighted by molar-refractivity contribution is 5.78. The van der Waals surface area contributed by atoms with Crippen LogP contribution in [0.5, 0.6) is 5.75 Å². The van der Waals surface area contributed by atoms with Gasteiger partial charge in [0.05, 0.1) is 11.1 Å². The van der Waals surface area contributed by atoms with Crippen molar-refractivity contribution in [2.75, 3.05) is 0 Å². The molecule has 146 valence electrons. The smallest absolute Gasteiger partial charge is 0.333 e. The number of carbonyl (C=O) groups is 1. The Morgan fingerprint density at radius 2 is 1.79 bits per heavy atom. The first-order chi connectivity index (χ1) is 13.3. The van der Waals surface area contributed by atoms with E-state index in [9.17, 15) is 9.90 Å². The fraction of sp³-hybridized carbons (Fsp3) is 0.304. The van der Waals surface area contributed by atoms with E-state index in [0.717, 1.165) is 27.8 Å². The molecule has 28 heavy (non-hydrogen) atoms. The number of hydrogen-bond acceptors (Lipinski definition) is 4. The summed E-state index contributed by atoms with van der Waals surface area (Å²) < 4.78 is 11.5. The van der Waals surface area contributed by atoms with Crippen LogP contribution in [0.15, 0.2) is 60.8 Å². The van der Waals surface area contributed by atoms with E-state index >= 15 is 0 Å². The molecule has 1 aromatic heterocycles. The lowest BCUT2D eigenvalue weighted by atomic mass is 10.1. The number of nitrogens with zero attached hydrogens (tertiary/aromatic N) is 1. The van der Waals surface area contributed by atoms with Gasteiger partial charge < -0.3 is 14.6 Å². The molecule has 0 fully saturated rings. The summed E-state index contributed by atoms with van der Waals surface area (Å²) in [5.74, 6) is -0.237. The normalized spacial score (nSPS) is 12.7. The minimum atomic E-state index is -0.959. The minimum Gasteiger partial charge on any atom is -0.489 e. The van der Waals surface area contributed by atoms with Gasteiger partial charge in [-0.3, -0.25) is 4.98 Å². The SMILES string of the molecule is CC(C)(C)OC(Cc1ccc(OCc2cnc3ccccc3c2)cc1)C(=O)O. The maximum atomic E-state index is 11.4. The van der Waals surface area contributed by atoms with Crippen molar-refractivity contribution in [1.82, 2.24) is 4.98 Å². The first-order valence-electron chi connectivity index (χ1n) is 9.26. The van der Waals surface area contributed by atoms with Crippen LogP contribution >= 0.6 is 0 Å². The molecule has 5 heteroatoms. The number of pyridine rings is 1. The highest BCUT2D eigenvalue weighted by Crippen LogP contribution is 2.19. The Hall–Kier alpha value is -2.92. The summed E-state index contributed by atoms with van der Waals surface area (Å²) in [4.78, 5) is 15.9. The van der Waals surface area contributed by atoms with Crippen molar-refractivity contribution in [1.29, 1.82) is 0 Å². The summed E-state index contributed by atoms with van der Waals surface area (Å²) in [5, 5.41) is 10.5. The zero-order valence-corrected chi connectivity index (χ0v) is 16.4. The first kappa shape index (κ1) is 19.8. The number of benzene rings is 2. The van der Waals surface area contributed by atoms with Gasteiger partial charge in [0.25, 0.3) is 0 Å². The Morgan fingerprint density at radius 3 is 2.46 bits per heavy atom. The maximum Gasteiger partial charge on any atom is 0.333 e. The number of rotatable bonds is 7. The van der Waals surface area contributed by atoms with Crippen LogP contribution < -0.4 is 4.74 Å². The van der Waals surface area contributed by atoms with Gasteiger partial charge in [-0.05, 0) is 50.6 Å². The molecule has 0 aliphatic carbocycles. The van der Waals surface area contributed by atoms with E-state index in [-0.39, 0.29) is 0 Å². The summed E-state index contributed by atoms with van der Waals surface area (Å²) in [5.41, 5.74) is 2.32. The average molecular weight is 379 g/mol. The third kappa shape index (κ3) is 5.54. The number of ether oxygens (including phenoxy) is 2. The van der Waals surface area contributed by atoms with E-state index in [1.807, 2.05) is 75.5 Å². The van der Waals surface area contributed by atoms with Crippen LogP contribution in [-0.2, 0) is 22.6 Å². The zero-order chi connectivity index (χ0) is 20.1. The Balaban J connectivity index is 1.61. The summed E-state index contributed by atoms with van der Waals surface area (Å²) >= 11 is 0. The highest BCUT2D eigenvalue weighted by atomic mass is 16.5. The molecular formula is C23H25NO4. The van der Waals surface area contributed by atoms with Gasteiger partial charge in [0.1, 0.15) is 12.4 Å². The van der Waals surface area contributed by atoms with Gasteiger partial charge in [-0.15, -0.1) is 0 Å². The Morgan fingerprint density at radius 1 is 1.07 bits per heavy atom. The molecule has 3 rings (SSSR count). The van der Waals surface area contributed by atoms with Gasteiger partial charge in [-0.1, -0.05) is 30.3 Å². The molecule has 0 radical (unpaired) electrons. The zero-order valence-electron chi connectivity index (χ0n) is 16.4. The van der Waals surface area contributed by atoms with Gasteiger partial charge in [-0.25, -0.2) is 4.79 Å². The molecule has 1 heterocycles. The molecule has 0 amide bonds. The van der Waals surface area contributed by atoms with Crippen molar-refractivity contribution in [3.8, 4) is 5.75 Å². The molecule has 1 unspecified atom stereocenters. The molecule has 0 spiro atoms. The van der Waals surface area contributed by atoms with Crippen LogP contribution in [0.3, 0.4) is 0 Å². The van der Waals surface area contributed by atoms with Crippen LogP contribution in [-0.4, -0.2) is 27.8 Å². The van der Waals surface area contributed by atoms with Gasteiger partial charge in [-0.2, -0.15) is 0 Å². The summed E-state index contributed by atoms with van der Waals surface area (Å²) in [6, 6.07) is 17.5. The number of aliphatic carboxylic acids is 1. The number of carboxylic acids is 1. The summed E-state index contributed by atoms with van der Waals surface area (Å²) in [6.45, 7) is 5.96. The molecule has 0 bridgehead atoms. The highest BCUT2D eigenvalue weighted by Gasteiger charge is 2.25. The van der Waals surface area contributed by atoms with Crippen LogP contribution in [0, 0.1) is 0 Å². The Labute approximate surface area is 164 Å². The molecular weight excluding hydrogens is 354 g/mol. The van der Waals surface area contributed by atoms with Crippen LogP contribution in [0.1, 0.15) is 31.9 Å². The average Bonchev–Trinajstić information content (AvgIpc) is 2.65. The van der Waals surface area contributed by atoms with Crippen molar-refractivity contribution in [2.45, 2.75) is 45.5 Å². The number of fused-ring (bicyclic) bond motifs is 1. The molecule has 1 atom stereocenters. The lowest BCUT2D eigenvalue weighted by Crippen LogP contribution is -2.34. The standard InChI is InChI=1S/C23H25NO4/c1-23(2,3)28-21(22(25)26)13-16-8-10-19(11-9-16)27-15-17-12-18-6-4-5-7-20(18)24-14-17/h4-12,14,21H,13,15H2,1-3H3,(H,25,26). The number of carboxylic acid groups (broad SMARTS) is 1. The second kappa shape index (κ2) is 8.40. The van der Waals surface area contributed by atoms with Crippen molar-refractivity contribution < 1.29 is 19.4 Å². The number of para-hydroxylation sites is 1. The minimum absolute atomic E-state index is 0.307. The Kier molecular flexibility index (Phi) is 5.95. The van der Waals surface area contributed by atoms with Gasteiger partial charge in [0, 0.05) is 23.6 Å². The molecule has 5 nitrogen and oxygen atoms in total. The van der Waals surface area contributed by atoms with Crippen LogP contribution in [0.25, 0.3) is 10.9 Å². The van der Waals surface area contributed by atoms with Crippen molar-refractivity contribution in [3.05, 3.63) is 71.9 Å². The second-order valence-corrected chi connectivity index (χ2v) is 7.73. The molecule has 0 saturated carbocycles. The quantitative estimate of drug-likeness (QED) is 0.648. The Bertz CT molecular complexity index is 945. The predicted octanol–water partition coefficient (Wildman–Crippen LogP) is 4.62. The van der Waals surface area contributed by atoms with E-state index in [1.54, 1.807) is 0 Å². The number of hydrogen-bond donors (Lipinski definition) is 1. The van der Waals surface area contributed by atoms with Crippen molar-refractivity contribution in [3.63, 3.8) is 0 Å². The first-order valence-corrected chi connectivity index (χ1v) is 9.26. The largest absolute Gasteiger partial charge is 0.489 e.